The van der Waals surface area contributed by atoms with E-state index in [-0.39, 0.29) is 0 Å². The zero-order valence-electron chi connectivity index (χ0n) is 23.5. The Labute approximate surface area is 240 Å². The highest BCUT2D eigenvalue weighted by Crippen LogP contribution is 2.43. The Bertz CT molecular complexity index is 1600. The molecule has 0 aliphatic carbocycles. The minimum absolute atomic E-state index is 0.560. The van der Waals surface area contributed by atoms with Crippen molar-refractivity contribution in [3.05, 3.63) is 90.8 Å². The van der Waals surface area contributed by atoms with Crippen molar-refractivity contribution in [1.29, 1.82) is 0 Å². The molecule has 0 saturated carbocycles. The molecule has 3 aromatic carbocycles. The fourth-order valence-electron chi connectivity index (χ4n) is 5.55. The van der Waals surface area contributed by atoms with Gasteiger partial charge in [-0.25, -0.2) is 9.97 Å². The molecule has 3 heterocycles. The van der Waals surface area contributed by atoms with Crippen LogP contribution in [0.5, 0.6) is 11.5 Å². The van der Waals surface area contributed by atoms with Gasteiger partial charge in [0.25, 0.3) is 0 Å². The van der Waals surface area contributed by atoms with Crippen molar-refractivity contribution in [1.82, 2.24) is 19.4 Å². The fourth-order valence-corrected chi connectivity index (χ4v) is 5.55. The highest BCUT2D eigenvalue weighted by Gasteiger charge is 2.25. The Balaban J connectivity index is 1.52. The lowest BCUT2D eigenvalue weighted by Crippen LogP contribution is -2.39. The van der Waals surface area contributed by atoms with E-state index in [1.165, 1.54) is 0 Å². The molecule has 8 nitrogen and oxygen atoms in total. The number of anilines is 1. The quantitative estimate of drug-likeness (QED) is 0.244. The lowest BCUT2D eigenvalue weighted by atomic mass is 9.99. The minimum Gasteiger partial charge on any atom is -0.497 e. The van der Waals surface area contributed by atoms with Gasteiger partial charge in [-0.1, -0.05) is 60.7 Å². The summed E-state index contributed by atoms with van der Waals surface area (Å²) in [5.41, 5.74) is 6.31. The maximum absolute atomic E-state index is 5.79. The molecule has 210 valence electrons. The monoisotopic (exact) mass is 549 g/mol. The van der Waals surface area contributed by atoms with Crippen molar-refractivity contribution in [3.8, 4) is 33.9 Å². The molecule has 1 N–H and O–H groups in total. The van der Waals surface area contributed by atoms with Crippen molar-refractivity contribution >= 4 is 16.9 Å². The third-order valence-corrected chi connectivity index (χ3v) is 7.60. The molecule has 0 amide bonds. The van der Waals surface area contributed by atoms with Crippen molar-refractivity contribution in [3.63, 3.8) is 0 Å². The minimum atomic E-state index is 0.560. The molecule has 1 fully saturated rings. The van der Waals surface area contributed by atoms with E-state index in [0.717, 1.165) is 95.7 Å². The Morgan fingerprint density at radius 3 is 2.29 bits per heavy atom. The molecule has 1 aliphatic rings. The normalized spacial score (nSPS) is 13.8. The van der Waals surface area contributed by atoms with Crippen LogP contribution in [0, 0.1) is 0 Å². The van der Waals surface area contributed by atoms with E-state index in [2.05, 4.69) is 69.4 Å². The van der Waals surface area contributed by atoms with Crippen LogP contribution in [0.4, 0.5) is 5.82 Å². The van der Waals surface area contributed by atoms with Gasteiger partial charge in [-0.15, -0.1) is 0 Å². The summed E-state index contributed by atoms with van der Waals surface area (Å²) in [7, 11) is 3.36. The van der Waals surface area contributed by atoms with E-state index in [9.17, 15) is 0 Å². The molecule has 0 radical (unpaired) electrons. The van der Waals surface area contributed by atoms with Gasteiger partial charge in [-0.05, 0) is 23.3 Å². The van der Waals surface area contributed by atoms with Crippen LogP contribution in [-0.4, -0.2) is 73.0 Å². The SMILES string of the molecule is COc1ccc(Cn2c(-c3ccccc3)c(-c3ccccc3)c3c(NCCN4CCOCC4)ncnc32)c(OC)c1. The number of morpholine rings is 1. The number of aromatic nitrogens is 3. The second-order valence-electron chi connectivity index (χ2n) is 10.0. The third kappa shape index (κ3) is 5.62. The first-order valence-electron chi connectivity index (χ1n) is 14.0. The van der Waals surface area contributed by atoms with Crippen LogP contribution in [0.1, 0.15) is 5.56 Å². The number of nitrogens with zero attached hydrogens (tertiary/aromatic N) is 4. The van der Waals surface area contributed by atoms with Crippen molar-refractivity contribution < 1.29 is 14.2 Å². The summed E-state index contributed by atoms with van der Waals surface area (Å²) >= 11 is 0. The lowest BCUT2D eigenvalue weighted by molar-refractivity contribution is 0.0398. The summed E-state index contributed by atoms with van der Waals surface area (Å²) in [5.74, 6) is 2.36. The summed E-state index contributed by atoms with van der Waals surface area (Å²) < 4.78 is 19.1. The van der Waals surface area contributed by atoms with E-state index in [0.29, 0.717) is 6.54 Å². The summed E-state index contributed by atoms with van der Waals surface area (Å²) in [5, 5.41) is 4.66. The van der Waals surface area contributed by atoms with Gasteiger partial charge < -0.3 is 24.1 Å². The van der Waals surface area contributed by atoms with Gasteiger partial charge in [0.1, 0.15) is 29.3 Å². The Hall–Kier alpha value is -4.40. The average molecular weight is 550 g/mol. The molecular weight excluding hydrogens is 514 g/mol. The fraction of sp³-hybridized carbons (Fsp3) is 0.273. The van der Waals surface area contributed by atoms with Crippen molar-refractivity contribution in [2.75, 3.05) is 58.9 Å². The number of hydrogen-bond donors (Lipinski definition) is 1. The van der Waals surface area contributed by atoms with Crippen molar-refractivity contribution in [2.24, 2.45) is 0 Å². The lowest BCUT2D eigenvalue weighted by Gasteiger charge is -2.26. The first-order valence-corrected chi connectivity index (χ1v) is 14.0. The predicted octanol–water partition coefficient (Wildman–Crippen LogP) is 5.57. The third-order valence-electron chi connectivity index (χ3n) is 7.60. The van der Waals surface area contributed by atoms with Crippen LogP contribution in [-0.2, 0) is 11.3 Å². The van der Waals surface area contributed by atoms with E-state index in [1.807, 2.05) is 24.3 Å². The molecule has 8 heteroatoms. The smallest absolute Gasteiger partial charge is 0.146 e. The van der Waals surface area contributed by atoms with Gasteiger partial charge in [-0.2, -0.15) is 0 Å². The van der Waals surface area contributed by atoms with Gasteiger partial charge in [-0.3, -0.25) is 4.90 Å². The van der Waals surface area contributed by atoms with Crippen LogP contribution in [0.15, 0.2) is 85.2 Å². The highest BCUT2D eigenvalue weighted by atomic mass is 16.5. The summed E-state index contributed by atoms with van der Waals surface area (Å²) in [4.78, 5) is 12.1. The molecule has 0 bridgehead atoms. The standard InChI is InChI=1S/C33H35N5O3/c1-39-27-14-13-26(28(21-27)40-2)22-38-31(25-11-7-4-8-12-25)29(24-9-5-3-6-10-24)30-32(35-23-36-33(30)38)34-15-16-37-17-19-41-20-18-37/h3-14,21,23H,15-20,22H2,1-2H3,(H,34,35,36). The van der Waals surface area contributed by atoms with Crippen LogP contribution in [0.2, 0.25) is 0 Å². The topological polar surface area (TPSA) is 73.7 Å². The Kier molecular flexibility index (Phi) is 8.11. The van der Waals surface area contributed by atoms with Gasteiger partial charge in [0.2, 0.25) is 0 Å². The Morgan fingerprint density at radius 2 is 1.59 bits per heavy atom. The summed E-state index contributed by atoms with van der Waals surface area (Å²) in [6.07, 6.45) is 1.66. The van der Waals surface area contributed by atoms with Crippen LogP contribution >= 0.6 is 0 Å². The molecule has 6 rings (SSSR count). The highest BCUT2D eigenvalue weighted by molar-refractivity contribution is 6.08. The number of benzene rings is 3. The molecule has 0 unspecified atom stereocenters. The second-order valence-corrected chi connectivity index (χ2v) is 10.0. The number of rotatable bonds is 10. The number of nitrogens with one attached hydrogen (secondary N) is 1. The summed E-state index contributed by atoms with van der Waals surface area (Å²) in [6.45, 7) is 5.74. The Morgan fingerprint density at radius 1 is 0.854 bits per heavy atom. The van der Waals surface area contributed by atoms with Gasteiger partial charge in [0.15, 0.2) is 0 Å². The van der Waals surface area contributed by atoms with Crippen LogP contribution in [0.25, 0.3) is 33.4 Å². The molecule has 5 aromatic rings. The zero-order chi connectivity index (χ0) is 28.0. The van der Waals surface area contributed by atoms with Crippen LogP contribution in [0.3, 0.4) is 0 Å². The first kappa shape index (κ1) is 26.8. The summed E-state index contributed by atoms with van der Waals surface area (Å²) in [6, 6.07) is 27.0. The number of hydrogen-bond acceptors (Lipinski definition) is 7. The molecule has 41 heavy (non-hydrogen) atoms. The predicted molar refractivity (Wildman–Crippen MR) is 163 cm³/mol. The number of ether oxygens (including phenoxy) is 3. The zero-order valence-corrected chi connectivity index (χ0v) is 23.5. The van der Waals surface area contributed by atoms with E-state index < -0.39 is 0 Å². The maximum Gasteiger partial charge on any atom is 0.146 e. The van der Waals surface area contributed by atoms with Gasteiger partial charge in [0, 0.05) is 43.4 Å². The second kappa shape index (κ2) is 12.4. The molecule has 2 aromatic heterocycles. The average Bonchev–Trinajstić information content (AvgIpc) is 3.37. The largest absolute Gasteiger partial charge is 0.497 e. The van der Waals surface area contributed by atoms with Gasteiger partial charge >= 0.3 is 0 Å². The molecule has 1 aliphatic heterocycles. The number of methoxy groups -OCH3 is 2. The molecule has 1 saturated heterocycles. The molecule has 0 atom stereocenters. The van der Waals surface area contributed by atoms with Gasteiger partial charge in [0.05, 0.1) is 45.1 Å². The van der Waals surface area contributed by atoms with Crippen molar-refractivity contribution in [2.45, 2.75) is 6.54 Å². The van der Waals surface area contributed by atoms with Crippen LogP contribution < -0.4 is 14.8 Å². The maximum atomic E-state index is 5.79. The van der Waals surface area contributed by atoms with E-state index >= 15 is 0 Å². The van der Waals surface area contributed by atoms with E-state index in [4.69, 9.17) is 24.2 Å². The number of fused-ring (bicyclic) bond motifs is 1. The molecule has 0 spiro atoms. The first-order chi connectivity index (χ1) is 20.3. The van der Waals surface area contributed by atoms with E-state index in [1.54, 1.807) is 20.5 Å². The molecular formula is C33H35N5O3.